The van der Waals surface area contributed by atoms with Crippen molar-refractivity contribution in [3.63, 3.8) is 0 Å². The number of rotatable bonds is 6. The number of nitrogens with one attached hydrogen (secondary N) is 2. The number of carbonyl (C=O) groups is 1. The zero-order valence-electron chi connectivity index (χ0n) is 15.9. The summed E-state index contributed by atoms with van der Waals surface area (Å²) in [5, 5.41) is 9.99. The second kappa shape index (κ2) is 8.81. The highest BCUT2D eigenvalue weighted by Gasteiger charge is 2.38. The molecule has 0 radical (unpaired) electrons. The fourth-order valence-electron chi connectivity index (χ4n) is 3.15. The fraction of sp³-hybridized carbons (Fsp3) is 0.190. The second-order valence-electron chi connectivity index (χ2n) is 6.75. The Morgan fingerprint density at radius 1 is 1.27 bits per heavy atom. The number of nitrogens with zero attached hydrogens (tertiary/aromatic N) is 2. The minimum atomic E-state index is -2.68. The lowest BCUT2D eigenvalue weighted by Gasteiger charge is -2.18. The number of aromatic nitrogens is 1. The summed E-state index contributed by atoms with van der Waals surface area (Å²) in [5.74, 6) is -3.82. The lowest BCUT2D eigenvalue weighted by Crippen LogP contribution is -2.24. The van der Waals surface area contributed by atoms with Gasteiger partial charge in [-0.2, -0.15) is 0 Å². The Kier molecular flexibility index (Phi) is 6.20. The van der Waals surface area contributed by atoms with Crippen LogP contribution in [0, 0.1) is 11.2 Å². The van der Waals surface area contributed by atoms with Crippen LogP contribution < -0.4 is 16.0 Å². The molecule has 2 heterocycles. The Hall–Kier alpha value is -3.62. The molecule has 3 rings (SSSR count). The first kappa shape index (κ1) is 21.1. The number of carbonyl (C=O) groups excluding carboxylic acids is 1. The van der Waals surface area contributed by atoms with E-state index in [1.165, 1.54) is 18.3 Å². The van der Waals surface area contributed by atoms with Gasteiger partial charge in [0.2, 0.25) is 5.91 Å². The van der Waals surface area contributed by atoms with Crippen molar-refractivity contribution in [2.24, 2.45) is 5.73 Å². The van der Waals surface area contributed by atoms with Crippen molar-refractivity contribution < 1.29 is 18.0 Å². The third-order valence-corrected chi connectivity index (χ3v) is 4.64. The minimum Gasteiger partial charge on any atom is -0.404 e. The van der Waals surface area contributed by atoms with E-state index in [1.807, 2.05) is 0 Å². The maximum Gasteiger partial charge on any atom is 0.266 e. The molecular weight excluding hydrogens is 395 g/mol. The molecule has 1 aliphatic rings. The predicted octanol–water partition coefficient (Wildman–Crippen LogP) is 3.67. The van der Waals surface area contributed by atoms with Crippen LogP contribution in [0.2, 0.25) is 0 Å². The molecule has 1 aromatic heterocycles. The van der Waals surface area contributed by atoms with Crippen LogP contribution >= 0.6 is 0 Å². The summed E-state index contributed by atoms with van der Waals surface area (Å²) in [6, 6.07) is 6.57. The molecule has 0 atom stereocenters. The van der Waals surface area contributed by atoms with Crippen LogP contribution in [0.15, 0.2) is 48.9 Å². The Balaban J connectivity index is 1.69. The van der Waals surface area contributed by atoms with Gasteiger partial charge in [0.1, 0.15) is 5.82 Å². The number of amides is 1. The van der Waals surface area contributed by atoms with Crippen LogP contribution in [-0.4, -0.2) is 36.1 Å². The van der Waals surface area contributed by atoms with Crippen LogP contribution in [0.25, 0.3) is 11.6 Å². The molecule has 2 aromatic rings. The molecule has 6 nitrogen and oxygen atoms in total. The molecule has 30 heavy (non-hydrogen) atoms. The summed E-state index contributed by atoms with van der Waals surface area (Å²) in [6.45, 7) is -0.0408. The topological polar surface area (TPSA) is 95.1 Å². The number of hydrogen-bond donors (Lipinski definition) is 3. The van der Waals surface area contributed by atoms with E-state index >= 15 is 0 Å². The molecule has 1 aliphatic heterocycles. The van der Waals surface area contributed by atoms with Gasteiger partial charge in [-0.25, -0.2) is 13.2 Å². The first-order valence-electron chi connectivity index (χ1n) is 9.11. The monoisotopic (exact) mass is 415 g/mol. The summed E-state index contributed by atoms with van der Waals surface area (Å²) >= 11 is 0. The van der Waals surface area contributed by atoms with Crippen molar-refractivity contribution in [3.05, 3.63) is 65.9 Å². The van der Waals surface area contributed by atoms with E-state index in [9.17, 15) is 18.0 Å². The molecule has 1 fully saturated rings. The van der Waals surface area contributed by atoms with Gasteiger partial charge in [0.25, 0.3) is 5.92 Å². The molecule has 156 valence electrons. The Labute approximate surface area is 171 Å². The maximum absolute atomic E-state index is 14.1. The molecule has 0 aliphatic carbocycles. The highest BCUT2D eigenvalue weighted by atomic mass is 19.3. The van der Waals surface area contributed by atoms with Crippen molar-refractivity contribution in [2.45, 2.75) is 12.3 Å². The summed E-state index contributed by atoms with van der Waals surface area (Å²) in [5.41, 5.74) is 7.08. The average molecular weight is 415 g/mol. The summed E-state index contributed by atoms with van der Waals surface area (Å²) in [7, 11) is 0. The number of alkyl halides is 2. The molecule has 1 aromatic carbocycles. The van der Waals surface area contributed by atoms with E-state index in [0.717, 1.165) is 18.6 Å². The molecule has 1 saturated heterocycles. The zero-order valence-corrected chi connectivity index (χ0v) is 15.9. The fourth-order valence-corrected chi connectivity index (χ4v) is 3.15. The van der Waals surface area contributed by atoms with E-state index in [-0.39, 0.29) is 36.2 Å². The average Bonchev–Trinajstić information content (AvgIpc) is 3.09. The van der Waals surface area contributed by atoms with Crippen LogP contribution in [0.3, 0.4) is 0 Å². The SMILES string of the molecule is N=CC(=CN)c1c(F)cncc1/C=C/C(=O)Nc1ccc(N2CCC(F)(F)C2)cc1. The number of pyridine rings is 1. The number of allylic oxidation sites excluding steroid dienone is 1. The molecular formula is C21H20F3N5O. The predicted molar refractivity (Wildman–Crippen MR) is 111 cm³/mol. The number of benzene rings is 1. The van der Waals surface area contributed by atoms with Gasteiger partial charge in [-0.05, 0) is 30.3 Å². The van der Waals surface area contributed by atoms with Gasteiger partial charge in [-0.1, -0.05) is 0 Å². The molecule has 4 N–H and O–H groups in total. The van der Waals surface area contributed by atoms with Crippen molar-refractivity contribution in [1.82, 2.24) is 4.98 Å². The summed E-state index contributed by atoms with van der Waals surface area (Å²) in [4.78, 5) is 17.6. The van der Waals surface area contributed by atoms with Crippen molar-refractivity contribution in [2.75, 3.05) is 23.3 Å². The van der Waals surface area contributed by atoms with Gasteiger partial charge < -0.3 is 21.4 Å². The third-order valence-electron chi connectivity index (χ3n) is 4.64. The lowest BCUT2D eigenvalue weighted by atomic mass is 10.0. The Morgan fingerprint density at radius 3 is 2.60 bits per heavy atom. The first-order valence-corrected chi connectivity index (χ1v) is 9.11. The molecule has 0 unspecified atom stereocenters. The molecule has 0 bridgehead atoms. The first-order chi connectivity index (χ1) is 14.3. The normalized spacial score (nSPS) is 16.1. The number of halogens is 3. The quantitative estimate of drug-likeness (QED) is 0.496. The second-order valence-corrected chi connectivity index (χ2v) is 6.75. The zero-order chi connectivity index (χ0) is 21.7. The summed E-state index contributed by atoms with van der Waals surface area (Å²) < 4.78 is 40.8. The van der Waals surface area contributed by atoms with Gasteiger partial charge in [-0.15, -0.1) is 0 Å². The lowest BCUT2D eigenvalue weighted by molar-refractivity contribution is -0.111. The largest absolute Gasteiger partial charge is 0.404 e. The van der Waals surface area contributed by atoms with Crippen LogP contribution in [-0.2, 0) is 4.79 Å². The van der Waals surface area contributed by atoms with Gasteiger partial charge in [0, 0.05) is 65.7 Å². The van der Waals surface area contributed by atoms with Crippen molar-refractivity contribution >= 4 is 35.1 Å². The van der Waals surface area contributed by atoms with E-state index in [0.29, 0.717) is 11.4 Å². The smallest absolute Gasteiger partial charge is 0.266 e. The number of anilines is 2. The van der Waals surface area contributed by atoms with Crippen molar-refractivity contribution in [3.8, 4) is 0 Å². The van der Waals surface area contributed by atoms with E-state index in [2.05, 4.69) is 10.3 Å². The molecule has 1 amide bonds. The van der Waals surface area contributed by atoms with Gasteiger partial charge in [0.05, 0.1) is 12.7 Å². The van der Waals surface area contributed by atoms with Crippen molar-refractivity contribution in [1.29, 1.82) is 5.41 Å². The van der Waals surface area contributed by atoms with Crippen LogP contribution in [0.5, 0.6) is 0 Å². The molecule has 9 heteroatoms. The third kappa shape index (κ3) is 4.86. The maximum atomic E-state index is 14.1. The van der Waals surface area contributed by atoms with E-state index in [4.69, 9.17) is 11.1 Å². The molecule has 0 saturated carbocycles. The number of hydrogen-bond acceptors (Lipinski definition) is 5. The van der Waals surface area contributed by atoms with E-state index < -0.39 is 17.6 Å². The van der Waals surface area contributed by atoms with Crippen LogP contribution in [0.1, 0.15) is 17.5 Å². The van der Waals surface area contributed by atoms with Gasteiger partial charge in [0.15, 0.2) is 0 Å². The number of nitrogens with two attached hydrogens (primary N) is 1. The Morgan fingerprint density at radius 2 is 2.00 bits per heavy atom. The Bertz CT molecular complexity index is 1000. The van der Waals surface area contributed by atoms with Crippen LogP contribution in [0.4, 0.5) is 24.5 Å². The highest BCUT2D eigenvalue weighted by molar-refractivity contribution is 6.10. The minimum absolute atomic E-state index is 0.0679. The van der Waals surface area contributed by atoms with Gasteiger partial charge >= 0.3 is 0 Å². The summed E-state index contributed by atoms with van der Waals surface area (Å²) in [6.07, 6.45) is 6.76. The standard InChI is InChI=1S/C21H20F3N5O/c22-18-12-27-11-14(20(18)15(9-25)10-26)1-6-19(30)28-16-2-4-17(5-3-16)29-8-7-21(23,24)13-29/h1-6,9-12,25H,7-8,13,26H2,(H,28,30)/b6-1+,15-10?,25-9?. The van der Waals surface area contributed by atoms with Gasteiger partial charge in [-0.3, -0.25) is 9.78 Å². The highest BCUT2D eigenvalue weighted by Crippen LogP contribution is 2.31. The van der Waals surface area contributed by atoms with E-state index in [1.54, 1.807) is 29.2 Å². The molecule has 0 spiro atoms.